The molecule has 0 saturated heterocycles. The first-order valence-corrected chi connectivity index (χ1v) is 7.55. The summed E-state index contributed by atoms with van der Waals surface area (Å²) in [6, 6.07) is 9.58. The number of carbonyl (C=O) groups is 2. The van der Waals surface area contributed by atoms with Crippen molar-refractivity contribution in [2.45, 2.75) is 13.5 Å². The van der Waals surface area contributed by atoms with Gasteiger partial charge in [0.05, 0.1) is 20.3 Å². The number of ether oxygens (including phenoxy) is 2. The van der Waals surface area contributed by atoms with Gasteiger partial charge in [-0.3, -0.25) is 0 Å². The van der Waals surface area contributed by atoms with Crippen molar-refractivity contribution in [3.05, 3.63) is 51.8 Å². The lowest BCUT2D eigenvalue weighted by atomic mass is 10.2. The molecule has 0 radical (unpaired) electrons. The third-order valence-corrected chi connectivity index (χ3v) is 3.69. The minimum atomic E-state index is -0.678. The molecule has 1 aromatic carbocycles. The number of rotatable bonds is 4. The van der Waals surface area contributed by atoms with Gasteiger partial charge in [-0.15, -0.1) is 16.3 Å². The second-order valence-corrected chi connectivity index (χ2v) is 5.11. The molecule has 0 aliphatic carbocycles. The lowest BCUT2D eigenvalue weighted by Gasteiger charge is -2.07. The molecule has 1 amide bonds. The third-order valence-electron chi connectivity index (χ3n) is 2.83. The maximum atomic E-state index is 11.9. The first-order chi connectivity index (χ1) is 10.7. The number of methoxy groups -OCH3 is 1. The number of esters is 1. The van der Waals surface area contributed by atoms with Crippen LogP contribution in [0.3, 0.4) is 0 Å². The van der Waals surface area contributed by atoms with Crippen LogP contribution in [-0.4, -0.2) is 30.3 Å². The summed E-state index contributed by atoms with van der Waals surface area (Å²) >= 11 is 1.19. The van der Waals surface area contributed by atoms with Crippen molar-refractivity contribution in [3.8, 4) is 0 Å². The number of benzene rings is 1. The number of aromatic nitrogens is 1. The molecule has 0 spiro atoms. The number of nitrogens with zero attached hydrogens (tertiary/aromatic N) is 2. The van der Waals surface area contributed by atoms with E-state index in [9.17, 15) is 9.59 Å². The van der Waals surface area contributed by atoms with Crippen LogP contribution in [0.5, 0.6) is 0 Å². The lowest BCUT2D eigenvalue weighted by Crippen LogP contribution is -2.23. The van der Waals surface area contributed by atoms with Crippen LogP contribution in [0.15, 0.2) is 40.7 Å². The molecule has 0 aliphatic rings. The molecule has 116 valence electrons. The highest BCUT2D eigenvalue weighted by atomic mass is 32.1. The third kappa shape index (κ3) is 3.82. The van der Waals surface area contributed by atoms with Crippen molar-refractivity contribution in [2.24, 2.45) is 4.99 Å². The maximum Gasteiger partial charge on any atom is 0.436 e. The Kier molecular flexibility index (Phi) is 5.48. The van der Waals surface area contributed by atoms with E-state index in [2.05, 4.69) is 4.99 Å². The summed E-state index contributed by atoms with van der Waals surface area (Å²) in [5, 5.41) is 1.62. The molecule has 0 N–H and O–H groups in total. The molecule has 0 bridgehead atoms. The first-order valence-electron chi connectivity index (χ1n) is 6.67. The van der Waals surface area contributed by atoms with E-state index in [4.69, 9.17) is 9.47 Å². The van der Waals surface area contributed by atoms with Gasteiger partial charge in [0, 0.05) is 5.38 Å². The first kappa shape index (κ1) is 16.0. The molecule has 0 unspecified atom stereocenters. The number of carbonyl (C=O) groups excluding carboxylic acids is 2. The number of thiazole rings is 1. The molecule has 0 fully saturated rings. The van der Waals surface area contributed by atoms with E-state index in [1.54, 1.807) is 16.9 Å². The molecule has 2 aromatic rings. The average Bonchev–Trinajstić information content (AvgIpc) is 2.90. The van der Waals surface area contributed by atoms with Crippen LogP contribution in [0, 0.1) is 0 Å². The summed E-state index contributed by atoms with van der Waals surface area (Å²) < 4.78 is 11.2. The largest absolute Gasteiger partial charge is 0.464 e. The monoisotopic (exact) mass is 320 g/mol. The highest BCUT2D eigenvalue weighted by Crippen LogP contribution is 2.08. The van der Waals surface area contributed by atoms with Crippen LogP contribution in [0.1, 0.15) is 23.0 Å². The molecule has 2 rings (SSSR count). The van der Waals surface area contributed by atoms with Crippen molar-refractivity contribution in [1.82, 2.24) is 4.57 Å². The van der Waals surface area contributed by atoms with Gasteiger partial charge >= 0.3 is 12.1 Å². The Labute approximate surface area is 131 Å². The van der Waals surface area contributed by atoms with Crippen LogP contribution < -0.4 is 4.80 Å². The summed E-state index contributed by atoms with van der Waals surface area (Å²) in [4.78, 5) is 27.7. The summed E-state index contributed by atoms with van der Waals surface area (Å²) in [6.07, 6.45) is -0.678. The Hall–Kier alpha value is -2.41. The van der Waals surface area contributed by atoms with Gasteiger partial charge < -0.3 is 14.0 Å². The van der Waals surface area contributed by atoms with Gasteiger partial charge in [-0.1, -0.05) is 30.3 Å². The highest BCUT2D eigenvalue weighted by Gasteiger charge is 2.15. The van der Waals surface area contributed by atoms with E-state index in [1.165, 1.54) is 18.4 Å². The fourth-order valence-corrected chi connectivity index (χ4v) is 2.70. The maximum absolute atomic E-state index is 11.9. The lowest BCUT2D eigenvalue weighted by molar-refractivity contribution is 0.0588. The van der Waals surface area contributed by atoms with Crippen LogP contribution in [0.2, 0.25) is 0 Å². The number of amides is 1. The number of hydrogen-bond acceptors (Lipinski definition) is 5. The molecular weight excluding hydrogens is 304 g/mol. The average molecular weight is 320 g/mol. The van der Waals surface area contributed by atoms with E-state index in [0.29, 0.717) is 17.0 Å². The topological polar surface area (TPSA) is 69.9 Å². The molecule has 7 heteroatoms. The van der Waals surface area contributed by atoms with Crippen molar-refractivity contribution >= 4 is 23.4 Å². The molecule has 1 heterocycles. The second kappa shape index (κ2) is 7.56. The van der Waals surface area contributed by atoms with Crippen molar-refractivity contribution in [3.63, 3.8) is 0 Å². The molecule has 1 aromatic heterocycles. The summed E-state index contributed by atoms with van der Waals surface area (Å²) in [6.45, 7) is 2.36. The van der Waals surface area contributed by atoms with Gasteiger partial charge in [0.25, 0.3) is 0 Å². The molecule has 0 saturated carbocycles. The predicted octanol–water partition coefficient (Wildman–Crippen LogP) is 2.44. The highest BCUT2D eigenvalue weighted by molar-refractivity contribution is 7.07. The summed E-state index contributed by atoms with van der Waals surface area (Å²) in [7, 11) is 1.31. The molecule has 6 nitrogen and oxygen atoms in total. The zero-order valence-electron chi connectivity index (χ0n) is 12.3. The van der Waals surface area contributed by atoms with Crippen molar-refractivity contribution in [2.75, 3.05) is 13.7 Å². The fourth-order valence-electron chi connectivity index (χ4n) is 1.84. The molecular formula is C15H16N2O4S. The quantitative estimate of drug-likeness (QED) is 0.811. The Balaban J connectivity index is 2.44. The fraction of sp³-hybridized carbons (Fsp3) is 0.267. The smallest absolute Gasteiger partial charge is 0.436 e. The van der Waals surface area contributed by atoms with Crippen LogP contribution in [0.4, 0.5) is 4.79 Å². The minimum Gasteiger partial charge on any atom is -0.464 e. The van der Waals surface area contributed by atoms with Crippen molar-refractivity contribution in [1.29, 1.82) is 0 Å². The Morgan fingerprint density at radius 2 is 2.00 bits per heavy atom. The Bertz CT molecular complexity index is 719. The van der Waals surface area contributed by atoms with E-state index in [-0.39, 0.29) is 6.61 Å². The van der Waals surface area contributed by atoms with E-state index in [1.807, 2.05) is 30.3 Å². The zero-order valence-corrected chi connectivity index (χ0v) is 13.1. The van der Waals surface area contributed by atoms with E-state index >= 15 is 0 Å². The Morgan fingerprint density at radius 1 is 1.27 bits per heavy atom. The van der Waals surface area contributed by atoms with Gasteiger partial charge in [-0.2, -0.15) is 0 Å². The summed E-state index contributed by atoms with van der Waals surface area (Å²) in [5.41, 5.74) is 1.33. The van der Waals surface area contributed by atoms with Crippen LogP contribution in [-0.2, 0) is 16.0 Å². The van der Waals surface area contributed by atoms with Crippen LogP contribution in [0.25, 0.3) is 0 Å². The predicted molar refractivity (Wildman–Crippen MR) is 81.8 cm³/mol. The van der Waals surface area contributed by atoms with Crippen LogP contribution >= 0.6 is 11.3 Å². The molecule has 0 atom stereocenters. The van der Waals surface area contributed by atoms with Gasteiger partial charge in [-0.05, 0) is 12.5 Å². The van der Waals surface area contributed by atoms with Gasteiger partial charge in [0.1, 0.15) is 5.69 Å². The van der Waals surface area contributed by atoms with Crippen molar-refractivity contribution < 1.29 is 19.1 Å². The SMILES string of the molecule is CCOC(=O)/N=c1\scc(C(=O)OC)n1Cc1ccccc1. The standard InChI is InChI=1S/C15H16N2O4S/c1-3-21-15(19)16-14-17(9-11-7-5-4-6-8-11)12(10-22-14)13(18)20-2/h4-8,10H,3,9H2,1-2H3/b16-14-. The van der Waals surface area contributed by atoms with E-state index in [0.717, 1.165) is 5.56 Å². The number of hydrogen-bond donors (Lipinski definition) is 0. The summed E-state index contributed by atoms with van der Waals surface area (Å²) in [5.74, 6) is -0.475. The normalized spacial score (nSPS) is 11.3. The Morgan fingerprint density at radius 3 is 2.64 bits per heavy atom. The van der Waals surface area contributed by atoms with Gasteiger partial charge in [-0.25, -0.2) is 9.59 Å². The minimum absolute atomic E-state index is 0.246. The van der Waals surface area contributed by atoms with Gasteiger partial charge in [0.2, 0.25) is 0 Å². The molecule has 0 aliphatic heterocycles. The van der Waals surface area contributed by atoms with Gasteiger partial charge in [0.15, 0.2) is 4.80 Å². The van der Waals surface area contributed by atoms with E-state index < -0.39 is 12.1 Å². The zero-order chi connectivity index (χ0) is 15.9. The molecule has 22 heavy (non-hydrogen) atoms. The second-order valence-electron chi connectivity index (χ2n) is 4.28.